The number of piperidine rings is 1. The van der Waals surface area contributed by atoms with Crippen molar-refractivity contribution in [3.8, 4) is 11.5 Å². The number of methoxy groups -OCH3 is 2. The molecule has 1 aliphatic heterocycles. The lowest BCUT2D eigenvalue weighted by Crippen LogP contribution is -2.38. The van der Waals surface area contributed by atoms with Crippen LogP contribution in [0.3, 0.4) is 0 Å². The quantitative estimate of drug-likeness (QED) is 0.561. The van der Waals surface area contributed by atoms with Crippen molar-refractivity contribution in [2.75, 3.05) is 27.3 Å². The first-order chi connectivity index (χ1) is 16.1. The van der Waals surface area contributed by atoms with Crippen LogP contribution in [-0.4, -0.2) is 50.2 Å². The average molecular weight is 452 g/mol. The molecule has 2 fully saturated rings. The topological polar surface area (TPSA) is 65.1 Å². The zero-order valence-electron chi connectivity index (χ0n) is 19.5. The highest BCUT2D eigenvalue weighted by Gasteiger charge is 2.25. The first-order valence-corrected chi connectivity index (χ1v) is 11.9. The Morgan fingerprint density at radius 2 is 1.55 bits per heavy atom. The van der Waals surface area contributed by atoms with Crippen molar-refractivity contribution < 1.29 is 23.8 Å². The maximum Gasteiger partial charge on any atom is 0.337 e. The normalized spacial score (nSPS) is 17.1. The fourth-order valence-corrected chi connectivity index (χ4v) is 4.85. The van der Waals surface area contributed by atoms with E-state index in [2.05, 4.69) is 12.1 Å². The molecule has 176 valence electrons. The molecule has 2 aromatic rings. The van der Waals surface area contributed by atoms with Gasteiger partial charge < -0.3 is 19.1 Å². The third kappa shape index (κ3) is 5.67. The van der Waals surface area contributed by atoms with E-state index in [0.717, 1.165) is 56.7 Å². The van der Waals surface area contributed by atoms with E-state index in [1.165, 1.54) is 25.5 Å². The molecule has 1 saturated heterocycles. The third-order valence-corrected chi connectivity index (χ3v) is 6.80. The molecule has 2 aromatic carbocycles. The Kier molecular flexibility index (Phi) is 7.53. The van der Waals surface area contributed by atoms with Crippen LogP contribution in [0.25, 0.3) is 0 Å². The Balaban J connectivity index is 1.32. The number of carbonyl (C=O) groups is 2. The molecule has 0 unspecified atom stereocenters. The predicted molar refractivity (Wildman–Crippen MR) is 126 cm³/mol. The van der Waals surface area contributed by atoms with Gasteiger partial charge in [-0.3, -0.25) is 4.79 Å². The number of esters is 1. The zero-order chi connectivity index (χ0) is 23.2. The molecule has 0 radical (unpaired) electrons. The molecule has 0 spiro atoms. The van der Waals surface area contributed by atoms with Crippen LogP contribution in [0.2, 0.25) is 0 Å². The van der Waals surface area contributed by atoms with Gasteiger partial charge >= 0.3 is 5.97 Å². The minimum atomic E-state index is -0.398. The number of likely N-dealkylation sites (tertiary alicyclic amines) is 1. The van der Waals surface area contributed by atoms with Gasteiger partial charge in [0.1, 0.15) is 0 Å². The van der Waals surface area contributed by atoms with Crippen LogP contribution in [0.4, 0.5) is 0 Å². The zero-order valence-corrected chi connectivity index (χ0v) is 19.5. The first kappa shape index (κ1) is 23.1. The monoisotopic (exact) mass is 451 g/mol. The number of hydrogen-bond acceptors (Lipinski definition) is 5. The Bertz CT molecular complexity index is 957. The van der Waals surface area contributed by atoms with Gasteiger partial charge in [-0.25, -0.2) is 4.79 Å². The Morgan fingerprint density at radius 3 is 2.18 bits per heavy atom. The van der Waals surface area contributed by atoms with Crippen LogP contribution in [0, 0.1) is 5.92 Å². The number of amides is 1. The molecule has 4 rings (SSSR count). The van der Waals surface area contributed by atoms with Gasteiger partial charge in [0, 0.05) is 18.7 Å². The molecule has 1 saturated carbocycles. The van der Waals surface area contributed by atoms with Gasteiger partial charge in [0.05, 0.1) is 25.9 Å². The molecule has 6 nitrogen and oxygen atoms in total. The fourth-order valence-electron chi connectivity index (χ4n) is 4.85. The van der Waals surface area contributed by atoms with Crippen LogP contribution in [0.15, 0.2) is 42.5 Å². The first-order valence-electron chi connectivity index (χ1n) is 11.9. The molecule has 33 heavy (non-hydrogen) atoms. The minimum Gasteiger partial charge on any atom is -0.493 e. The largest absolute Gasteiger partial charge is 0.493 e. The highest BCUT2D eigenvalue weighted by Crippen LogP contribution is 2.34. The number of hydrogen-bond donors (Lipinski definition) is 0. The van der Waals surface area contributed by atoms with E-state index < -0.39 is 5.97 Å². The van der Waals surface area contributed by atoms with Crippen molar-refractivity contribution in [2.45, 2.75) is 51.0 Å². The van der Waals surface area contributed by atoms with Crippen LogP contribution in [-0.2, 0) is 11.2 Å². The third-order valence-electron chi connectivity index (χ3n) is 6.80. The van der Waals surface area contributed by atoms with Crippen LogP contribution >= 0.6 is 0 Å². The predicted octanol–water partition coefficient (Wildman–Crippen LogP) is 4.90. The molecule has 1 amide bonds. The Labute approximate surface area is 195 Å². The summed E-state index contributed by atoms with van der Waals surface area (Å²) in [4.78, 5) is 26.4. The van der Waals surface area contributed by atoms with E-state index >= 15 is 0 Å². The molecular formula is C27H33NO5. The van der Waals surface area contributed by atoms with Gasteiger partial charge in [-0.05, 0) is 92.8 Å². The van der Waals surface area contributed by atoms with Gasteiger partial charge in [0.15, 0.2) is 11.5 Å². The van der Waals surface area contributed by atoms with E-state index in [1.807, 2.05) is 11.0 Å². The van der Waals surface area contributed by atoms with Crippen LogP contribution in [0.1, 0.15) is 64.8 Å². The SMILES string of the molecule is COC(=O)c1ccc(C(=O)N2CCC(Cc3ccc(OC)c(OC4CCCC4)c3)CC2)cc1. The molecule has 1 heterocycles. The summed E-state index contributed by atoms with van der Waals surface area (Å²) in [5.74, 6) is 1.80. The lowest BCUT2D eigenvalue weighted by molar-refractivity contribution is 0.0599. The standard InChI is InChI=1S/C27H33NO5/c1-31-24-12-7-20(18-25(24)33-23-5-3-4-6-23)17-19-13-15-28(16-14-19)26(29)21-8-10-22(11-9-21)27(30)32-2/h7-12,18-19,23H,3-6,13-17H2,1-2H3. The van der Waals surface area contributed by atoms with E-state index in [9.17, 15) is 9.59 Å². The van der Waals surface area contributed by atoms with Crippen LogP contribution in [0.5, 0.6) is 11.5 Å². The summed E-state index contributed by atoms with van der Waals surface area (Å²) in [5.41, 5.74) is 2.31. The molecule has 1 aliphatic carbocycles. The second-order valence-corrected chi connectivity index (χ2v) is 9.02. The minimum absolute atomic E-state index is 0.0153. The summed E-state index contributed by atoms with van der Waals surface area (Å²) in [7, 11) is 3.03. The summed E-state index contributed by atoms with van der Waals surface area (Å²) in [6, 6.07) is 12.9. The van der Waals surface area contributed by atoms with Gasteiger partial charge in [0.25, 0.3) is 5.91 Å². The summed E-state index contributed by atoms with van der Waals surface area (Å²) in [6.07, 6.45) is 7.91. The highest BCUT2D eigenvalue weighted by molar-refractivity contribution is 5.96. The highest BCUT2D eigenvalue weighted by atomic mass is 16.5. The Morgan fingerprint density at radius 1 is 0.879 bits per heavy atom. The fraction of sp³-hybridized carbons (Fsp3) is 0.481. The van der Waals surface area contributed by atoms with E-state index in [1.54, 1.807) is 31.4 Å². The van der Waals surface area contributed by atoms with Crippen molar-refractivity contribution in [3.05, 3.63) is 59.2 Å². The maximum absolute atomic E-state index is 12.9. The number of nitrogens with zero attached hydrogens (tertiary/aromatic N) is 1. The number of ether oxygens (including phenoxy) is 3. The molecule has 0 N–H and O–H groups in total. The van der Waals surface area contributed by atoms with Crippen molar-refractivity contribution >= 4 is 11.9 Å². The molecule has 0 aromatic heterocycles. The average Bonchev–Trinajstić information content (AvgIpc) is 3.37. The van der Waals surface area contributed by atoms with Gasteiger partial charge in [-0.15, -0.1) is 0 Å². The van der Waals surface area contributed by atoms with Gasteiger partial charge in [-0.1, -0.05) is 6.07 Å². The van der Waals surface area contributed by atoms with E-state index in [-0.39, 0.29) is 5.91 Å². The Hall–Kier alpha value is -3.02. The van der Waals surface area contributed by atoms with Gasteiger partial charge in [-0.2, -0.15) is 0 Å². The molecular weight excluding hydrogens is 418 g/mol. The maximum atomic E-state index is 12.9. The second-order valence-electron chi connectivity index (χ2n) is 9.02. The van der Waals surface area contributed by atoms with E-state index in [4.69, 9.17) is 14.2 Å². The lowest BCUT2D eigenvalue weighted by Gasteiger charge is -2.32. The van der Waals surface area contributed by atoms with Crippen LogP contribution < -0.4 is 9.47 Å². The van der Waals surface area contributed by atoms with Crippen molar-refractivity contribution in [1.29, 1.82) is 0 Å². The lowest BCUT2D eigenvalue weighted by atomic mass is 9.89. The molecule has 0 atom stereocenters. The van der Waals surface area contributed by atoms with Crippen molar-refractivity contribution in [1.82, 2.24) is 4.90 Å². The van der Waals surface area contributed by atoms with Gasteiger partial charge in [0.2, 0.25) is 0 Å². The molecule has 0 bridgehead atoms. The summed E-state index contributed by atoms with van der Waals surface area (Å²) in [5, 5.41) is 0. The summed E-state index contributed by atoms with van der Waals surface area (Å²) >= 11 is 0. The number of rotatable bonds is 7. The van der Waals surface area contributed by atoms with Crippen molar-refractivity contribution in [3.63, 3.8) is 0 Å². The summed E-state index contributed by atoms with van der Waals surface area (Å²) in [6.45, 7) is 1.48. The number of benzene rings is 2. The smallest absolute Gasteiger partial charge is 0.337 e. The molecule has 2 aliphatic rings. The van der Waals surface area contributed by atoms with E-state index in [0.29, 0.717) is 23.1 Å². The number of carbonyl (C=O) groups excluding carboxylic acids is 2. The second kappa shape index (κ2) is 10.7. The van der Waals surface area contributed by atoms with Crippen molar-refractivity contribution in [2.24, 2.45) is 5.92 Å². The molecule has 6 heteroatoms. The summed E-state index contributed by atoms with van der Waals surface area (Å²) < 4.78 is 16.5.